The van der Waals surface area contributed by atoms with Crippen molar-refractivity contribution in [3.63, 3.8) is 0 Å². The molecule has 1 aliphatic rings. The molecular formula is C22H20N2O2. The number of pyridine rings is 1. The van der Waals surface area contributed by atoms with Gasteiger partial charge in [-0.15, -0.1) is 0 Å². The largest absolute Gasteiger partial charge is 0.497 e. The normalized spacial score (nSPS) is 16.0. The van der Waals surface area contributed by atoms with Gasteiger partial charge in [-0.25, -0.2) is 0 Å². The minimum Gasteiger partial charge on any atom is -0.497 e. The Morgan fingerprint density at radius 2 is 1.88 bits per heavy atom. The summed E-state index contributed by atoms with van der Waals surface area (Å²) in [4.78, 5) is 19.5. The van der Waals surface area contributed by atoms with Crippen LogP contribution in [-0.2, 0) is 6.42 Å². The molecule has 0 bridgehead atoms. The molecule has 1 aliphatic heterocycles. The van der Waals surface area contributed by atoms with E-state index in [-0.39, 0.29) is 11.9 Å². The van der Waals surface area contributed by atoms with Crippen molar-refractivity contribution in [1.82, 2.24) is 9.88 Å². The Labute approximate surface area is 153 Å². The summed E-state index contributed by atoms with van der Waals surface area (Å²) in [7, 11) is 1.62. The van der Waals surface area contributed by atoms with Crippen molar-refractivity contribution >= 4 is 5.91 Å². The number of nitrogens with zero attached hydrogens (tertiary/aromatic N) is 2. The Kier molecular flexibility index (Phi) is 4.40. The SMILES string of the molecule is COc1ccc(C(=O)N2CCc3ccccc3C2c2cccnc2)cc1. The molecule has 1 amide bonds. The highest BCUT2D eigenvalue weighted by atomic mass is 16.5. The number of benzene rings is 2. The molecule has 0 fully saturated rings. The summed E-state index contributed by atoms with van der Waals surface area (Å²) in [5.41, 5.74) is 4.16. The van der Waals surface area contributed by atoms with Gasteiger partial charge in [-0.05, 0) is 53.4 Å². The molecule has 2 heterocycles. The minimum atomic E-state index is -0.122. The molecule has 0 radical (unpaired) electrons. The Hall–Kier alpha value is -3.14. The summed E-state index contributed by atoms with van der Waals surface area (Å²) in [6.07, 6.45) is 4.46. The van der Waals surface area contributed by atoms with Gasteiger partial charge in [0.1, 0.15) is 5.75 Å². The molecule has 130 valence electrons. The van der Waals surface area contributed by atoms with E-state index in [1.165, 1.54) is 11.1 Å². The topological polar surface area (TPSA) is 42.4 Å². The molecule has 1 atom stereocenters. The van der Waals surface area contributed by atoms with Crippen LogP contribution in [0.15, 0.2) is 73.1 Å². The Bertz CT molecular complexity index is 907. The van der Waals surface area contributed by atoms with Gasteiger partial charge in [0.2, 0.25) is 0 Å². The quantitative estimate of drug-likeness (QED) is 0.724. The number of methoxy groups -OCH3 is 1. The van der Waals surface area contributed by atoms with Gasteiger partial charge in [0.25, 0.3) is 5.91 Å². The van der Waals surface area contributed by atoms with Crippen molar-refractivity contribution < 1.29 is 9.53 Å². The van der Waals surface area contributed by atoms with Crippen LogP contribution in [0.1, 0.15) is 33.1 Å². The monoisotopic (exact) mass is 344 g/mol. The predicted octanol–water partition coefficient (Wildman–Crippen LogP) is 3.88. The molecule has 4 rings (SSSR count). The van der Waals surface area contributed by atoms with Crippen LogP contribution < -0.4 is 4.74 Å². The van der Waals surface area contributed by atoms with Crippen LogP contribution in [0.4, 0.5) is 0 Å². The number of hydrogen-bond donors (Lipinski definition) is 0. The molecule has 4 nitrogen and oxygen atoms in total. The molecule has 1 aromatic heterocycles. The maximum absolute atomic E-state index is 13.3. The van der Waals surface area contributed by atoms with Crippen molar-refractivity contribution in [3.8, 4) is 5.75 Å². The molecular weight excluding hydrogens is 324 g/mol. The van der Waals surface area contributed by atoms with E-state index in [1.54, 1.807) is 13.3 Å². The van der Waals surface area contributed by atoms with E-state index in [2.05, 4.69) is 23.2 Å². The lowest BCUT2D eigenvalue weighted by molar-refractivity contribution is 0.0694. The standard InChI is InChI=1S/C22H20N2O2/c1-26-19-10-8-17(9-11-19)22(25)24-14-12-16-5-2-3-7-20(16)21(24)18-6-4-13-23-15-18/h2-11,13,15,21H,12,14H2,1H3. The fourth-order valence-corrected chi connectivity index (χ4v) is 3.58. The Morgan fingerprint density at radius 1 is 1.08 bits per heavy atom. The first-order valence-corrected chi connectivity index (χ1v) is 8.70. The first-order valence-electron chi connectivity index (χ1n) is 8.70. The summed E-state index contributed by atoms with van der Waals surface area (Å²) >= 11 is 0. The van der Waals surface area contributed by atoms with Crippen LogP contribution in [0.2, 0.25) is 0 Å². The maximum atomic E-state index is 13.3. The van der Waals surface area contributed by atoms with E-state index in [0.29, 0.717) is 12.1 Å². The second-order valence-corrected chi connectivity index (χ2v) is 6.36. The molecule has 0 spiro atoms. The van der Waals surface area contributed by atoms with E-state index < -0.39 is 0 Å². The molecule has 0 saturated heterocycles. The lowest BCUT2D eigenvalue weighted by atomic mass is 9.88. The second-order valence-electron chi connectivity index (χ2n) is 6.36. The smallest absolute Gasteiger partial charge is 0.254 e. The lowest BCUT2D eigenvalue weighted by Gasteiger charge is -2.37. The highest BCUT2D eigenvalue weighted by Crippen LogP contribution is 2.35. The highest BCUT2D eigenvalue weighted by molar-refractivity contribution is 5.95. The van der Waals surface area contributed by atoms with E-state index in [4.69, 9.17) is 4.74 Å². The molecule has 0 aliphatic carbocycles. The first-order chi connectivity index (χ1) is 12.8. The number of carbonyl (C=O) groups is 1. The molecule has 1 unspecified atom stereocenters. The van der Waals surface area contributed by atoms with E-state index >= 15 is 0 Å². The summed E-state index contributed by atoms with van der Waals surface area (Å²) < 4.78 is 5.20. The number of hydrogen-bond acceptors (Lipinski definition) is 3. The molecule has 0 N–H and O–H groups in total. The minimum absolute atomic E-state index is 0.0241. The van der Waals surface area contributed by atoms with Gasteiger partial charge in [-0.1, -0.05) is 30.3 Å². The van der Waals surface area contributed by atoms with Crippen molar-refractivity contribution in [2.75, 3.05) is 13.7 Å². The fraction of sp³-hybridized carbons (Fsp3) is 0.182. The molecule has 26 heavy (non-hydrogen) atoms. The van der Waals surface area contributed by atoms with Crippen molar-refractivity contribution in [2.24, 2.45) is 0 Å². The molecule has 3 aromatic rings. The maximum Gasteiger partial charge on any atom is 0.254 e. The first kappa shape index (κ1) is 16.3. The van der Waals surface area contributed by atoms with Crippen molar-refractivity contribution in [3.05, 3.63) is 95.3 Å². The number of aromatic nitrogens is 1. The molecule has 2 aromatic carbocycles. The third-order valence-corrected chi connectivity index (χ3v) is 4.88. The fourth-order valence-electron chi connectivity index (χ4n) is 3.58. The third-order valence-electron chi connectivity index (χ3n) is 4.88. The zero-order valence-electron chi connectivity index (χ0n) is 14.6. The number of fused-ring (bicyclic) bond motifs is 1. The Balaban J connectivity index is 1.75. The van der Waals surface area contributed by atoms with Gasteiger partial charge in [-0.3, -0.25) is 9.78 Å². The van der Waals surface area contributed by atoms with Gasteiger partial charge >= 0.3 is 0 Å². The zero-order valence-corrected chi connectivity index (χ0v) is 14.6. The highest BCUT2D eigenvalue weighted by Gasteiger charge is 2.32. The van der Waals surface area contributed by atoms with Crippen LogP contribution in [0.5, 0.6) is 5.75 Å². The third kappa shape index (κ3) is 2.94. The van der Waals surface area contributed by atoms with Crippen molar-refractivity contribution in [2.45, 2.75) is 12.5 Å². The van der Waals surface area contributed by atoms with E-state index in [1.807, 2.05) is 53.6 Å². The van der Waals surface area contributed by atoms with Gasteiger partial charge in [0.15, 0.2) is 0 Å². The average Bonchev–Trinajstić information content (AvgIpc) is 2.73. The van der Waals surface area contributed by atoms with Crippen LogP contribution in [0.3, 0.4) is 0 Å². The zero-order chi connectivity index (χ0) is 17.9. The molecule has 4 heteroatoms. The van der Waals surface area contributed by atoms with Crippen molar-refractivity contribution in [1.29, 1.82) is 0 Å². The summed E-state index contributed by atoms with van der Waals surface area (Å²) in [5.74, 6) is 0.769. The lowest BCUT2D eigenvalue weighted by Crippen LogP contribution is -2.40. The number of rotatable bonds is 3. The summed E-state index contributed by atoms with van der Waals surface area (Å²) in [6.45, 7) is 0.682. The second kappa shape index (κ2) is 7.00. The van der Waals surface area contributed by atoms with Crippen LogP contribution >= 0.6 is 0 Å². The molecule has 0 saturated carbocycles. The van der Waals surface area contributed by atoms with E-state index in [9.17, 15) is 4.79 Å². The van der Waals surface area contributed by atoms with Crippen LogP contribution in [0, 0.1) is 0 Å². The van der Waals surface area contributed by atoms with Gasteiger partial charge < -0.3 is 9.64 Å². The van der Waals surface area contributed by atoms with Crippen LogP contribution in [-0.4, -0.2) is 29.4 Å². The number of amides is 1. The number of ether oxygens (including phenoxy) is 1. The van der Waals surface area contributed by atoms with Gasteiger partial charge in [0.05, 0.1) is 13.2 Å². The number of carbonyl (C=O) groups excluding carboxylic acids is 1. The van der Waals surface area contributed by atoms with Gasteiger partial charge in [0, 0.05) is 24.5 Å². The van der Waals surface area contributed by atoms with Gasteiger partial charge in [-0.2, -0.15) is 0 Å². The Morgan fingerprint density at radius 3 is 2.62 bits per heavy atom. The van der Waals surface area contributed by atoms with E-state index in [0.717, 1.165) is 17.7 Å². The average molecular weight is 344 g/mol. The summed E-state index contributed by atoms with van der Waals surface area (Å²) in [5, 5.41) is 0. The predicted molar refractivity (Wildman–Crippen MR) is 100 cm³/mol. The van der Waals surface area contributed by atoms with Crippen LogP contribution in [0.25, 0.3) is 0 Å². The summed E-state index contributed by atoms with van der Waals surface area (Å²) in [6, 6.07) is 19.5.